The van der Waals surface area contributed by atoms with Crippen LogP contribution in [0.1, 0.15) is 34.2 Å². The van der Waals surface area contributed by atoms with Crippen molar-refractivity contribution in [2.24, 2.45) is 0 Å². The van der Waals surface area contributed by atoms with Gasteiger partial charge in [0.15, 0.2) is 22.2 Å². The second-order valence-electron chi connectivity index (χ2n) is 7.54. The Bertz CT molecular complexity index is 1240. The summed E-state index contributed by atoms with van der Waals surface area (Å²) in [5.41, 5.74) is 0.570. The summed E-state index contributed by atoms with van der Waals surface area (Å²) in [5.74, 6) is 0.610. The maximum atomic E-state index is 12.5. The Morgan fingerprint density at radius 3 is 2.77 bits per heavy atom. The van der Waals surface area contributed by atoms with Crippen LogP contribution in [-0.2, 0) is 11.3 Å². The number of halogens is 2. The van der Waals surface area contributed by atoms with Crippen molar-refractivity contribution in [1.82, 2.24) is 24.6 Å². The van der Waals surface area contributed by atoms with Gasteiger partial charge in [-0.3, -0.25) is 14.2 Å². The normalized spacial score (nSPS) is 11.7. The van der Waals surface area contributed by atoms with Gasteiger partial charge < -0.3 is 15.0 Å². The van der Waals surface area contributed by atoms with Crippen LogP contribution in [0.4, 0.5) is 5.13 Å². The smallest absolute Gasteiger partial charge is 0.265 e. The predicted molar refractivity (Wildman–Crippen MR) is 140 cm³/mol. The molecule has 0 aliphatic heterocycles. The maximum Gasteiger partial charge on any atom is 0.265 e. The Kier molecular flexibility index (Phi) is 9.17. The number of thiazole rings is 1. The minimum atomic E-state index is -0.493. The molecular formula is C22H24Cl2N6O3S2. The Hall–Kier alpha value is -2.60. The van der Waals surface area contributed by atoms with E-state index in [4.69, 9.17) is 27.9 Å². The second-order valence-corrected chi connectivity index (χ2v) is 10.3. The number of carbonyl (C=O) groups is 2. The molecule has 35 heavy (non-hydrogen) atoms. The van der Waals surface area contributed by atoms with E-state index >= 15 is 0 Å². The third-order valence-corrected chi connectivity index (χ3v) is 7.17. The molecule has 1 aromatic carbocycles. The Morgan fingerprint density at radius 2 is 2.09 bits per heavy atom. The molecule has 2 aromatic heterocycles. The molecule has 1 N–H and O–H groups in total. The number of aryl methyl sites for hydroxylation is 1. The number of hydrogen-bond donors (Lipinski definition) is 1. The number of nitrogens with zero attached hydrogens (tertiary/aromatic N) is 5. The highest BCUT2D eigenvalue weighted by Gasteiger charge is 2.22. The zero-order valence-corrected chi connectivity index (χ0v) is 22.7. The highest BCUT2D eigenvalue weighted by atomic mass is 35.5. The molecule has 9 nitrogen and oxygen atoms in total. The average Bonchev–Trinajstić information content (AvgIpc) is 3.37. The van der Waals surface area contributed by atoms with Crippen molar-refractivity contribution in [3.63, 3.8) is 0 Å². The molecule has 0 saturated carbocycles. The number of aromatic nitrogens is 4. The average molecular weight is 556 g/mol. The first kappa shape index (κ1) is 27.0. The van der Waals surface area contributed by atoms with Gasteiger partial charge in [-0.15, -0.1) is 16.8 Å². The van der Waals surface area contributed by atoms with Gasteiger partial charge in [0.2, 0.25) is 5.91 Å². The van der Waals surface area contributed by atoms with E-state index in [1.807, 2.05) is 11.5 Å². The fourth-order valence-corrected chi connectivity index (χ4v) is 5.04. The molecule has 3 rings (SSSR count). The molecular weight excluding hydrogens is 531 g/mol. The lowest BCUT2D eigenvalue weighted by atomic mass is 10.3. The lowest BCUT2D eigenvalue weighted by Crippen LogP contribution is -2.21. The number of amides is 2. The van der Waals surface area contributed by atoms with Crippen molar-refractivity contribution in [2.75, 3.05) is 25.2 Å². The van der Waals surface area contributed by atoms with E-state index in [2.05, 4.69) is 27.1 Å². The molecule has 1 unspecified atom stereocenters. The summed E-state index contributed by atoms with van der Waals surface area (Å²) >= 11 is 14.6. The summed E-state index contributed by atoms with van der Waals surface area (Å²) in [6, 6.07) is 4.96. The number of hydrogen-bond acceptors (Lipinski definition) is 8. The number of ether oxygens (including phenoxy) is 1. The van der Waals surface area contributed by atoms with Gasteiger partial charge in [0.05, 0.1) is 16.5 Å². The number of thioether (sulfide) groups is 1. The summed E-state index contributed by atoms with van der Waals surface area (Å²) in [6.45, 7) is 7.77. The van der Waals surface area contributed by atoms with Crippen LogP contribution in [0.5, 0.6) is 5.75 Å². The fourth-order valence-electron chi connectivity index (χ4n) is 2.96. The van der Waals surface area contributed by atoms with E-state index < -0.39 is 6.10 Å². The van der Waals surface area contributed by atoms with Crippen LogP contribution < -0.4 is 10.1 Å². The van der Waals surface area contributed by atoms with Gasteiger partial charge in [-0.05, 0) is 26.0 Å². The zero-order valence-electron chi connectivity index (χ0n) is 19.5. The molecule has 0 bridgehead atoms. The van der Waals surface area contributed by atoms with Crippen LogP contribution in [0.2, 0.25) is 10.0 Å². The molecule has 0 fully saturated rings. The van der Waals surface area contributed by atoms with E-state index in [0.29, 0.717) is 49.0 Å². The molecule has 0 radical (unpaired) electrons. The van der Waals surface area contributed by atoms with Gasteiger partial charge in [-0.1, -0.05) is 52.4 Å². The number of anilines is 1. The topological polar surface area (TPSA) is 102 Å². The first-order valence-corrected chi connectivity index (χ1v) is 12.9. The van der Waals surface area contributed by atoms with Crippen LogP contribution in [0.25, 0.3) is 0 Å². The van der Waals surface area contributed by atoms with Gasteiger partial charge in [0.25, 0.3) is 5.91 Å². The molecule has 0 saturated heterocycles. The summed E-state index contributed by atoms with van der Waals surface area (Å²) in [7, 11) is 3.33. The summed E-state index contributed by atoms with van der Waals surface area (Å²) < 4.78 is 7.78. The van der Waals surface area contributed by atoms with Crippen LogP contribution in [0.15, 0.2) is 36.0 Å². The molecule has 2 heterocycles. The number of rotatable bonds is 10. The highest BCUT2D eigenvalue weighted by molar-refractivity contribution is 7.99. The van der Waals surface area contributed by atoms with Crippen molar-refractivity contribution >= 4 is 63.2 Å². The zero-order chi connectivity index (χ0) is 25.7. The van der Waals surface area contributed by atoms with Crippen molar-refractivity contribution in [3.8, 4) is 5.75 Å². The Balaban J connectivity index is 1.68. The van der Waals surface area contributed by atoms with Crippen LogP contribution in [-0.4, -0.2) is 56.3 Å². The minimum Gasteiger partial charge on any atom is -0.481 e. The van der Waals surface area contributed by atoms with Gasteiger partial charge in [0.1, 0.15) is 10.6 Å². The van der Waals surface area contributed by atoms with Gasteiger partial charge in [0, 0.05) is 31.7 Å². The van der Waals surface area contributed by atoms with E-state index in [1.165, 1.54) is 16.7 Å². The highest BCUT2D eigenvalue weighted by Crippen LogP contribution is 2.32. The van der Waals surface area contributed by atoms with Crippen LogP contribution in [0, 0.1) is 6.92 Å². The first-order chi connectivity index (χ1) is 16.6. The molecule has 2 amide bonds. The molecule has 0 spiro atoms. The Labute approximate surface area is 221 Å². The van der Waals surface area contributed by atoms with Crippen molar-refractivity contribution < 1.29 is 14.3 Å². The molecule has 0 aliphatic carbocycles. The molecule has 0 aliphatic rings. The van der Waals surface area contributed by atoms with Gasteiger partial charge in [-0.2, -0.15) is 0 Å². The lowest BCUT2D eigenvalue weighted by Gasteiger charge is -2.16. The van der Waals surface area contributed by atoms with Crippen LogP contribution in [0.3, 0.4) is 0 Å². The number of benzene rings is 1. The quantitative estimate of drug-likeness (QED) is 0.274. The maximum absolute atomic E-state index is 12.5. The van der Waals surface area contributed by atoms with Gasteiger partial charge in [-0.25, -0.2) is 4.98 Å². The fraction of sp³-hybridized carbons (Fsp3) is 0.318. The van der Waals surface area contributed by atoms with Crippen molar-refractivity contribution in [3.05, 3.63) is 57.3 Å². The van der Waals surface area contributed by atoms with E-state index in [1.54, 1.807) is 45.3 Å². The summed E-state index contributed by atoms with van der Waals surface area (Å²) in [6.07, 6.45) is 1.21. The molecule has 186 valence electrons. The second kappa shape index (κ2) is 11.9. The van der Waals surface area contributed by atoms with E-state index in [9.17, 15) is 9.59 Å². The Morgan fingerprint density at radius 1 is 1.34 bits per heavy atom. The SMILES string of the molecule is C=CCn1c(SCC(=O)Nc2nc(C)c(C(=O)N(C)C)s2)nnc1C(C)Oc1cc(Cl)ccc1Cl. The lowest BCUT2D eigenvalue weighted by molar-refractivity contribution is -0.113. The summed E-state index contributed by atoms with van der Waals surface area (Å²) in [5, 5.41) is 13.0. The predicted octanol–water partition coefficient (Wildman–Crippen LogP) is 5.11. The molecule has 3 aromatic rings. The third-order valence-electron chi connectivity index (χ3n) is 4.59. The summed E-state index contributed by atoms with van der Waals surface area (Å²) in [4.78, 5) is 31.0. The monoisotopic (exact) mass is 554 g/mol. The first-order valence-electron chi connectivity index (χ1n) is 10.4. The number of carbonyl (C=O) groups excluding carboxylic acids is 2. The number of nitrogens with one attached hydrogen (secondary N) is 1. The van der Waals surface area contributed by atoms with E-state index in [0.717, 1.165) is 11.3 Å². The van der Waals surface area contributed by atoms with Crippen molar-refractivity contribution in [2.45, 2.75) is 31.7 Å². The van der Waals surface area contributed by atoms with Crippen molar-refractivity contribution in [1.29, 1.82) is 0 Å². The standard InChI is InChI=1S/C22H24Cl2N6O3S2/c1-6-9-30-19(13(3)33-16-10-14(23)7-8-15(16)24)27-28-22(30)34-11-17(31)26-21-25-12(2)18(35-21)20(32)29(4)5/h6-8,10,13H,1,9,11H2,2-5H3,(H,25,26,31). The molecule has 13 heteroatoms. The molecule has 1 atom stereocenters. The van der Waals surface area contributed by atoms with Crippen LogP contribution >= 0.6 is 46.3 Å². The van der Waals surface area contributed by atoms with E-state index in [-0.39, 0.29) is 17.6 Å². The number of allylic oxidation sites excluding steroid dienone is 1. The van der Waals surface area contributed by atoms with Gasteiger partial charge >= 0.3 is 0 Å². The third kappa shape index (κ3) is 6.75. The minimum absolute atomic E-state index is 0.0697. The largest absolute Gasteiger partial charge is 0.481 e.